The maximum Gasteiger partial charge on any atom is 0.191 e. The highest BCUT2D eigenvalue weighted by Crippen LogP contribution is 2.29. The fourth-order valence-corrected chi connectivity index (χ4v) is 4.07. The summed E-state index contributed by atoms with van der Waals surface area (Å²) in [7, 11) is 0. The second-order valence-electron chi connectivity index (χ2n) is 6.72. The zero-order valence-electron chi connectivity index (χ0n) is 16.6. The molecular weight excluding hydrogens is 370 g/mol. The van der Waals surface area contributed by atoms with Gasteiger partial charge < -0.3 is 20.3 Å². The van der Waals surface area contributed by atoms with Gasteiger partial charge in [0, 0.05) is 41.6 Å². The first-order valence-electron chi connectivity index (χ1n) is 9.84. The summed E-state index contributed by atoms with van der Waals surface area (Å²) in [5, 5.41) is 18.3. The van der Waals surface area contributed by atoms with Crippen LogP contribution in [0.3, 0.4) is 0 Å². The van der Waals surface area contributed by atoms with Crippen LogP contribution in [0.25, 0.3) is 10.1 Å². The van der Waals surface area contributed by atoms with Crippen LogP contribution in [0.5, 0.6) is 0 Å². The molecular formula is C21H29N5OS. The van der Waals surface area contributed by atoms with Crippen molar-refractivity contribution >= 4 is 27.4 Å². The molecule has 7 heteroatoms. The summed E-state index contributed by atoms with van der Waals surface area (Å²) in [5.41, 5.74) is 0. The van der Waals surface area contributed by atoms with Gasteiger partial charge in [-0.05, 0) is 44.2 Å². The van der Waals surface area contributed by atoms with Gasteiger partial charge in [-0.3, -0.25) is 4.99 Å². The van der Waals surface area contributed by atoms with Gasteiger partial charge in [0.2, 0.25) is 0 Å². The zero-order chi connectivity index (χ0) is 19.8. The molecule has 150 valence electrons. The van der Waals surface area contributed by atoms with Crippen molar-refractivity contribution in [3.8, 4) is 0 Å². The molecule has 1 aromatic carbocycles. The Morgan fingerprint density at radius 3 is 2.89 bits per heavy atom. The van der Waals surface area contributed by atoms with Crippen LogP contribution in [-0.2, 0) is 6.54 Å². The second-order valence-corrected chi connectivity index (χ2v) is 7.84. The van der Waals surface area contributed by atoms with Gasteiger partial charge in [-0.25, -0.2) is 4.98 Å². The van der Waals surface area contributed by atoms with Crippen LogP contribution in [0.2, 0.25) is 0 Å². The van der Waals surface area contributed by atoms with Crippen molar-refractivity contribution in [3.05, 3.63) is 53.4 Å². The van der Waals surface area contributed by atoms with Crippen LogP contribution in [0.4, 0.5) is 0 Å². The number of rotatable bonds is 9. The van der Waals surface area contributed by atoms with E-state index in [1.54, 1.807) is 11.3 Å². The Morgan fingerprint density at radius 2 is 2.14 bits per heavy atom. The molecule has 0 fully saturated rings. The molecule has 2 aromatic heterocycles. The molecule has 0 saturated heterocycles. The summed E-state index contributed by atoms with van der Waals surface area (Å²) in [5.74, 6) is 1.81. The number of imidazole rings is 1. The minimum Gasteiger partial charge on any atom is -0.386 e. The smallest absolute Gasteiger partial charge is 0.191 e. The highest BCUT2D eigenvalue weighted by Gasteiger charge is 2.11. The van der Waals surface area contributed by atoms with E-state index in [4.69, 9.17) is 0 Å². The number of aryl methyl sites for hydroxylation is 2. The van der Waals surface area contributed by atoms with E-state index in [9.17, 15) is 5.11 Å². The van der Waals surface area contributed by atoms with Crippen LogP contribution >= 0.6 is 11.3 Å². The molecule has 0 aliphatic rings. The monoisotopic (exact) mass is 399 g/mol. The first-order chi connectivity index (χ1) is 13.7. The number of nitrogens with zero attached hydrogens (tertiary/aromatic N) is 3. The van der Waals surface area contributed by atoms with E-state index in [0.717, 1.165) is 49.1 Å². The predicted octanol–water partition coefficient (Wildman–Crippen LogP) is 3.48. The van der Waals surface area contributed by atoms with E-state index in [1.165, 1.54) is 10.1 Å². The number of fused-ring (bicyclic) bond motifs is 1. The molecule has 1 atom stereocenters. The van der Waals surface area contributed by atoms with Crippen molar-refractivity contribution in [1.29, 1.82) is 0 Å². The molecule has 0 spiro atoms. The summed E-state index contributed by atoms with van der Waals surface area (Å²) in [6.07, 6.45) is 5.39. The highest BCUT2D eigenvalue weighted by atomic mass is 32.1. The molecule has 0 aliphatic carbocycles. The third kappa shape index (κ3) is 5.56. The maximum atomic E-state index is 10.5. The molecule has 3 aromatic rings. The van der Waals surface area contributed by atoms with Crippen molar-refractivity contribution < 1.29 is 5.11 Å². The Hall–Kier alpha value is -2.38. The number of benzene rings is 1. The van der Waals surface area contributed by atoms with Crippen LogP contribution < -0.4 is 10.6 Å². The summed E-state index contributed by atoms with van der Waals surface area (Å²) in [6, 6.07) is 10.2. The minimum atomic E-state index is -0.586. The molecule has 28 heavy (non-hydrogen) atoms. The first-order valence-corrected chi connectivity index (χ1v) is 10.7. The molecule has 0 amide bonds. The van der Waals surface area contributed by atoms with E-state index in [-0.39, 0.29) is 0 Å². The number of thiophene rings is 1. The van der Waals surface area contributed by atoms with Gasteiger partial charge >= 0.3 is 0 Å². The average molecular weight is 400 g/mol. The fourth-order valence-electron chi connectivity index (χ4n) is 3.03. The third-order valence-electron chi connectivity index (χ3n) is 4.58. The normalized spacial score (nSPS) is 13.0. The van der Waals surface area contributed by atoms with Crippen LogP contribution in [0, 0.1) is 6.92 Å². The highest BCUT2D eigenvalue weighted by molar-refractivity contribution is 7.19. The summed E-state index contributed by atoms with van der Waals surface area (Å²) < 4.78 is 3.36. The number of aliphatic hydroxyl groups is 1. The molecule has 0 aliphatic heterocycles. The maximum absolute atomic E-state index is 10.5. The van der Waals surface area contributed by atoms with Crippen molar-refractivity contribution in [2.24, 2.45) is 4.99 Å². The molecule has 3 N–H and O–H groups in total. The molecule has 1 unspecified atom stereocenters. The Morgan fingerprint density at radius 1 is 1.29 bits per heavy atom. The van der Waals surface area contributed by atoms with E-state index in [1.807, 2.05) is 38.4 Å². The fraction of sp³-hybridized carbons (Fsp3) is 0.429. The van der Waals surface area contributed by atoms with Crippen molar-refractivity contribution in [1.82, 2.24) is 20.2 Å². The Labute approximate surface area is 170 Å². The van der Waals surface area contributed by atoms with E-state index >= 15 is 0 Å². The number of aromatic nitrogens is 2. The second kappa shape index (κ2) is 10.2. The summed E-state index contributed by atoms with van der Waals surface area (Å²) in [4.78, 5) is 9.76. The quantitative estimate of drug-likeness (QED) is 0.293. The SMILES string of the molecule is CCNC(=NCC(O)c1cc2ccccc2s1)NCCCCn1ccnc1C. The number of nitrogens with one attached hydrogen (secondary N) is 2. The van der Waals surface area contributed by atoms with E-state index < -0.39 is 6.10 Å². The topological polar surface area (TPSA) is 74.5 Å². The Balaban J connectivity index is 1.46. The Bertz CT molecular complexity index is 868. The van der Waals surface area contributed by atoms with Gasteiger partial charge in [0.25, 0.3) is 0 Å². The van der Waals surface area contributed by atoms with Crippen LogP contribution in [0.1, 0.15) is 36.6 Å². The van der Waals surface area contributed by atoms with Crippen molar-refractivity contribution in [2.75, 3.05) is 19.6 Å². The van der Waals surface area contributed by atoms with Crippen LogP contribution in [0.15, 0.2) is 47.7 Å². The number of aliphatic imine (C=N–C) groups is 1. The average Bonchev–Trinajstić information content (AvgIpc) is 3.31. The number of hydrogen-bond donors (Lipinski definition) is 3. The number of hydrogen-bond acceptors (Lipinski definition) is 4. The molecule has 0 bridgehead atoms. The molecule has 6 nitrogen and oxygen atoms in total. The van der Waals surface area contributed by atoms with Gasteiger partial charge in [0.05, 0.1) is 6.54 Å². The van der Waals surface area contributed by atoms with Gasteiger partial charge in [-0.15, -0.1) is 11.3 Å². The Kier molecular flexibility index (Phi) is 7.45. The lowest BCUT2D eigenvalue weighted by Gasteiger charge is -2.13. The first kappa shape index (κ1) is 20.4. The molecule has 2 heterocycles. The lowest BCUT2D eigenvalue weighted by molar-refractivity contribution is 0.191. The van der Waals surface area contributed by atoms with Crippen LogP contribution in [-0.4, -0.2) is 40.3 Å². The van der Waals surface area contributed by atoms with E-state index in [0.29, 0.717) is 6.54 Å². The lowest BCUT2D eigenvalue weighted by atomic mass is 10.2. The molecule has 3 rings (SSSR count). The van der Waals surface area contributed by atoms with Gasteiger partial charge in [0.1, 0.15) is 11.9 Å². The standard InChI is InChI=1S/C21H29N5OS/c1-3-22-21(24-10-6-7-12-26-13-11-23-16(26)2)25-15-18(27)20-14-17-8-4-5-9-19(17)28-20/h4-5,8-9,11,13-14,18,27H,3,6-7,10,12,15H2,1-2H3,(H2,22,24,25). The predicted molar refractivity (Wildman–Crippen MR) is 117 cm³/mol. The third-order valence-corrected chi connectivity index (χ3v) is 5.80. The number of aliphatic hydroxyl groups excluding tert-OH is 1. The minimum absolute atomic E-state index is 0.344. The van der Waals surface area contributed by atoms with E-state index in [2.05, 4.69) is 43.4 Å². The number of guanidine groups is 1. The largest absolute Gasteiger partial charge is 0.386 e. The van der Waals surface area contributed by atoms with Crippen molar-refractivity contribution in [3.63, 3.8) is 0 Å². The molecule has 0 radical (unpaired) electrons. The summed E-state index contributed by atoms with van der Waals surface area (Å²) >= 11 is 1.63. The lowest BCUT2D eigenvalue weighted by Crippen LogP contribution is -2.38. The number of unbranched alkanes of at least 4 members (excludes halogenated alkanes) is 1. The summed E-state index contributed by atoms with van der Waals surface area (Å²) in [6.45, 7) is 7.03. The van der Waals surface area contributed by atoms with Crippen molar-refractivity contribution in [2.45, 2.75) is 39.3 Å². The molecule has 0 saturated carbocycles. The van der Waals surface area contributed by atoms with Gasteiger partial charge in [-0.2, -0.15) is 0 Å². The van der Waals surface area contributed by atoms with Gasteiger partial charge in [-0.1, -0.05) is 18.2 Å². The van der Waals surface area contributed by atoms with Gasteiger partial charge in [0.15, 0.2) is 5.96 Å². The zero-order valence-corrected chi connectivity index (χ0v) is 17.4.